The summed E-state index contributed by atoms with van der Waals surface area (Å²) in [6.07, 6.45) is 3.46. The maximum Gasteiger partial charge on any atom is 0.264 e. The van der Waals surface area contributed by atoms with Gasteiger partial charge in [-0.3, -0.25) is 10.1 Å². The zero-order chi connectivity index (χ0) is 20.8. The van der Waals surface area contributed by atoms with Gasteiger partial charge in [0.2, 0.25) is 5.96 Å². The standard InChI is InChI=1S/C20H21F2N5OS/c1-2-4-15-12-26(8-9-27(15)19(28)18-5-3-10-29-18)20(24-13-23)25-17-11-14(21)6-7-16(17)22/h3,5-7,10-11,15H,2,4,8-9,12H2,1H3,(H,24,25). The van der Waals surface area contributed by atoms with E-state index in [-0.39, 0.29) is 23.6 Å². The zero-order valence-corrected chi connectivity index (χ0v) is 16.8. The van der Waals surface area contributed by atoms with Crippen LogP contribution in [0.2, 0.25) is 0 Å². The molecule has 6 nitrogen and oxygen atoms in total. The van der Waals surface area contributed by atoms with E-state index in [0.29, 0.717) is 24.5 Å². The van der Waals surface area contributed by atoms with Crippen molar-refractivity contribution >= 4 is 28.9 Å². The third-order valence-corrected chi connectivity index (χ3v) is 5.56. The maximum atomic E-state index is 14.0. The van der Waals surface area contributed by atoms with Gasteiger partial charge in [0.05, 0.1) is 4.88 Å². The van der Waals surface area contributed by atoms with E-state index >= 15 is 0 Å². The minimum Gasteiger partial charge on any atom is -0.338 e. The van der Waals surface area contributed by atoms with Gasteiger partial charge in [0.15, 0.2) is 6.19 Å². The second-order valence-electron chi connectivity index (χ2n) is 6.63. The summed E-state index contributed by atoms with van der Waals surface area (Å²) in [6.45, 7) is 3.34. The van der Waals surface area contributed by atoms with Gasteiger partial charge in [-0.05, 0) is 30.0 Å². The van der Waals surface area contributed by atoms with Crippen LogP contribution in [0.25, 0.3) is 0 Å². The Hall–Kier alpha value is -2.99. The average Bonchev–Trinajstić information content (AvgIpc) is 3.25. The predicted octanol–water partition coefficient (Wildman–Crippen LogP) is 3.71. The SMILES string of the molecule is CCCC1CN(C(=Nc2cc(F)ccc2F)NC#N)CCN1C(=O)c1cccs1. The second-order valence-corrected chi connectivity index (χ2v) is 7.58. The number of rotatable bonds is 4. The molecule has 0 saturated carbocycles. The number of amides is 1. The Morgan fingerprint density at radius 3 is 2.90 bits per heavy atom. The lowest BCUT2D eigenvalue weighted by Crippen LogP contribution is -2.58. The number of aliphatic imine (C=N–C) groups is 1. The first-order valence-electron chi connectivity index (χ1n) is 9.31. The maximum absolute atomic E-state index is 14.0. The molecule has 0 aliphatic carbocycles. The van der Waals surface area contributed by atoms with E-state index in [1.54, 1.807) is 17.2 Å². The molecule has 29 heavy (non-hydrogen) atoms. The predicted molar refractivity (Wildman–Crippen MR) is 108 cm³/mol. The van der Waals surface area contributed by atoms with E-state index in [9.17, 15) is 13.6 Å². The Balaban J connectivity index is 1.84. The van der Waals surface area contributed by atoms with E-state index < -0.39 is 11.6 Å². The average molecular weight is 417 g/mol. The molecule has 1 N–H and O–H groups in total. The molecule has 152 valence electrons. The lowest BCUT2D eigenvalue weighted by Gasteiger charge is -2.42. The number of benzene rings is 1. The van der Waals surface area contributed by atoms with Crippen molar-refractivity contribution < 1.29 is 13.6 Å². The summed E-state index contributed by atoms with van der Waals surface area (Å²) in [7, 11) is 0. The molecular formula is C20H21F2N5OS. The summed E-state index contributed by atoms with van der Waals surface area (Å²) in [4.78, 5) is 21.3. The molecule has 1 atom stereocenters. The Labute approximate surface area is 172 Å². The van der Waals surface area contributed by atoms with Gasteiger partial charge >= 0.3 is 0 Å². The number of carbonyl (C=O) groups is 1. The number of carbonyl (C=O) groups excluding carboxylic acids is 1. The van der Waals surface area contributed by atoms with Gasteiger partial charge in [-0.2, -0.15) is 5.26 Å². The van der Waals surface area contributed by atoms with Gasteiger partial charge in [0, 0.05) is 31.7 Å². The number of guanidine groups is 1. The minimum absolute atomic E-state index is 0.0130. The molecule has 1 aromatic carbocycles. The van der Waals surface area contributed by atoms with Gasteiger partial charge in [0.1, 0.15) is 17.3 Å². The molecule has 1 aromatic heterocycles. The number of hydrogen-bond acceptors (Lipinski definition) is 4. The van der Waals surface area contributed by atoms with Crippen molar-refractivity contribution in [2.75, 3.05) is 19.6 Å². The Morgan fingerprint density at radius 1 is 1.38 bits per heavy atom. The van der Waals surface area contributed by atoms with Crippen LogP contribution in [0.1, 0.15) is 29.4 Å². The summed E-state index contributed by atoms with van der Waals surface area (Å²) in [6, 6.07) is 6.56. The van der Waals surface area contributed by atoms with Crippen molar-refractivity contribution in [3.8, 4) is 6.19 Å². The first-order valence-corrected chi connectivity index (χ1v) is 10.2. The van der Waals surface area contributed by atoms with Crippen LogP contribution >= 0.6 is 11.3 Å². The van der Waals surface area contributed by atoms with E-state index in [1.807, 2.05) is 23.3 Å². The highest BCUT2D eigenvalue weighted by Crippen LogP contribution is 2.23. The summed E-state index contributed by atoms with van der Waals surface area (Å²) in [5, 5.41) is 13.4. The van der Waals surface area contributed by atoms with E-state index in [1.165, 1.54) is 11.3 Å². The molecule has 1 saturated heterocycles. The van der Waals surface area contributed by atoms with Crippen molar-refractivity contribution in [3.63, 3.8) is 0 Å². The van der Waals surface area contributed by atoms with Gasteiger partial charge in [0.25, 0.3) is 5.91 Å². The van der Waals surface area contributed by atoms with Crippen LogP contribution in [0, 0.1) is 23.1 Å². The van der Waals surface area contributed by atoms with Crippen molar-refractivity contribution in [2.45, 2.75) is 25.8 Å². The molecule has 1 unspecified atom stereocenters. The molecule has 0 spiro atoms. The summed E-state index contributed by atoms with van der Waals surface area (Å²) >= 11 is 1.40. The van der Waals surface area contributed by atoms with Gasteiger partial charge in [-0.25, -0.2) is 13.8 Å². The highest BCUT2D eigenvalue weighted by atomic mass is 32.1. The van der Waals surface area contributed by atoms with E-state index in [4.69, 9.17) is 5.26 Å². The molecule has 2 heterocycles. The van der Waals surface area contributed by atoms with Crippen molar-refractivity contribution in [2.24, 2.45) is 4.99 Å². The van der Waals surface area contributed by atoms with Crippen molar-refractivity contribution in [1.29, 1.82) is 5.26 Å². The normalized spacial score (nSPS) is 17.2. The van der Waals surface area contributed by atoms with Crippen LogP contribution in [-0.4, -0.2) is 47.3 Å². The number of hydrogen-bond donors (Lipinski definition) is 1. The van der Waals surface area contributed by atoms with Crippen LogP contribution in [0.4, 0.5) is 14.5 Å². The molecule has 1 aliphatic heterocycles. The highest BCUT2D eigenvalue weighted by molar-refractivity contribution is 7.12. The summed E-state index contributed by atoms with van der Waals surface area (Å²) < 4.78 is 27.5. The monoisotopic (exact) mass is 417 g/mol. The van der Waals surface area contributed by atoms with Crippen LogP contribution in [0.3, 0.4) is 0 Å². The molecule has 1 fully saturated rings. The van der Waals surface area contributed by atoms with Gasteiger partial charge < -0.3 is 9.80 Å². The number of halogens is 2. The fourth-order valence-electron chi connectivity index (χ4n) is 3.35. The first kappa shape index (κ1) is 20.7. The molecule has 1 amide bonds. The van der Waals surface area contributed by atoms with Crippen LogP contribution in [0.15, 0.2) is 40.7 Å². The Bertz CT molecular complexity index is 925. The molecule has 0 bridgehead atoms. The number of nitrogens with zero attached hydrogens (tertiary/aromatic N) is 4. The third-order valence-electron chi connectivity index (χ3n) is 4.70. The molecule has 1 aliphatic rings. The van der Waals surface area contributed by atoms with E-state index in [2.05, 4.69) is 10.3 Å². The molecular weight excluding hydrogens is 396 g/mol. The molecule has 2 aromatic rings. The van der Waals surface area contributed by atoms with Crippen LogP contribution in [0.5, 0.6) is 0 Å². The van der Waals surface area contributed by atoms with Crippen molar-refractivity contribution in [1.82, 2.24) is 15.1 Å². The fourth-order valence-corrected chi connectivity index (χ4v) is 4.03. The summed E-state index contributed by atoms with van der Waals surface area (Å²) in [5.74, 6) is -1.17. The number of piperazine rings is 1. The lowest BCUT2D eigenvalue weighted by molar-refractivity contribution is 0.0539. The lowest BCUT2D eigenvalue weighted by atomic mass is 10.1. The Morgan fingerprint density at radius 2 is 2.21 bits per heavy atom. The molecule has 9 heteroatoms. The topological polar surface area (TPSA) is 71.7 Å². The second kappa shape index (κ2) is 9.47. The van der Waals surface area contributed by atoms with Crippen LogP contribution < -0.4 is 5.32 Å². The van der Waals surface area contributed by atoms with Crippen molar-refractivity contribution in [3.05, 3.63) is 52.2 Å². The number of thiophene rings is 1. The largest absolute Gasteiger partial charge is 0.338 e. The fraction of sp³-hybridized carbons (Fsp3) is 0.350. The number of nitriles is 1. The Kier molecular flexibility index (Phi) is 6.77. The smallest absolute Gasteiger partial charge is 0.264 e. The quantitative estimate of drug-likeness (QED) is 0.356. The third kappa shape index (κ3) is 4.90. The van der Waals surface area contributed by atoms with Gasteiger partial charge in [-0.15, -0.1) is 11.3 Å². The molecule has 0 radical (unpaired) electrons. The number of nitrogens with one attached hydrogen (secondary N) is 1. The zero-order valence-electron chi connectivity index (χ0n) is 15.9. The van der Waals surface area contributed by atoms with Crippen LogP contribution in [-0.2, 0) is 0 Å². The summed E-state index contributed by atoms with van der Waals surface area (Å²) in [5.41, 5.74) is -0.188. The van der Waals surface area contributed by atoms with Gasteiger partial charge in [-0.1, -0.05) is 19.4 Å². The minimum atomic E-state index is -0.680. The molecule has 3 rings (SSSR count). The highest BCUT2D eigenvalue weighted by Gasteiger charge is 2.32. The first-order chi connectivity index (χ1) is 14.0. The van der Waals surface area contributed by atoms with E-state index in [0.717, 1.165) is 31.0 Å².